The average molecular weight is 335 g/mol. The van der Waals surface area contributed by atoms with Crippen LogP contribution in [0.5, 0.6) is 0 Å². The Morgan fingerprint density at radius 2 is 2.05 bits per heavy atom. The van der Waals surface area contributed by atoms with Crippen molar-refractivity contribution in [2.75, 3.05) is 11.2 Å². The fourth-order valence-corrected chi connectivity index (χ4v) is 1.85. The van der Waals surface area contributed by atoms with Crippen molar-refractivity contribution in [3.8, 4) is 0 Å². The summed E-state index contributed by atoms with van der Waals surface area (Å²) in [5.41, 5.74) is 0.377. The van der Waals surface area contributed by atoms with Gasteiger partial charge in [0.15, 0.2) is 5.11 Å². The van der Waals surface area contributed by atoms with Crippen molar-refractivity contribution in [2.24, 2.45) is 0 Å². The van der Waals surface area contributed by atoms with Gasteiger partial charge in [-0.05, 0) is 36.8 Å². The highest BCUT2D eigenvalue weighted by atomic mass is 35.5. The largest absolute Gasteiger partial charge is 0.478 e. The number of rotatable bonds is 5. The summed E-state index contributed by atoms with van der Waals surface area (Å²) >= 11 is 16.3. The van der Waals surface area contributed by atoms with Crippen LogP contribution in [0.15, 0.2) is 18.2 Å². The predicted octanol–water partition coefficient (Wildman–Crippen LogP) is 2.87. The van der Waals surface area contributed by atoms with Crippen molar-refractivity contribution in [1.29, 1.82) is 0 Å². The normalized spacial score (nSPS) is 9.90. The van der Waals surface area contributed by atoms with Crippen LogP contribution in [0.3, 0.4) is 0 Å². The molecule has 1 aromatic rings. The maximum atomic E-state index is 11.4. The van der Waals surface area contributed by atoms with E-state index in [1.54, 1.807) is 0 Å². The van der Waals surface area contributed by atoms with Crippen LogP contribution in [0.25, 0.3) is 0 Å². The fourth-order valence-electron chi connectivity index (χ4n) is 1.32. The molecule has 0 radical (unpaired) electrons. The number of thiocarbonyl (C=S) groups is 1. The third-order valence-electron chi connectivity index (χ3n) is 2.25. The summed E-state index contributed by atoms with van der Waals surface area (Å²) in [7, 11) is 0. The Kier molecular flexibility index (Phi) is 6.70. The predicted molar refractivity (Wildman–Crippen MR) is 82.7 cm³/mol. The molecule has 0 bridgehead atoms. The topological polar surface area (TPSA) is 78.4 Å². The number of alkyl halides is 1. The molecule has 0 spiro atoms. The van der Waals surface area contributed by atoms with Gasteiger partial charge in [0, 0.05) is 12.3 Å². The van der Waals surface area contributed by atoms with Gasteiger partial charge in [-0.25, -0.2) is 4.79 Å². The van der Waals surface area contributed by atoms with Crippen molar-refractivity contribution in [3.05, 3.63) is 28.8 Å². The maximum Gasteiger partial charge on any atom is 0.335 e. The SMILES string of the molecule is O=C(CCCCl)NC(=S)Nc1cc(C(=O)O)ccc1Cl. The lowest BCUT2D eigenvalue weighted by atomic mass is 10.2. The fraction of sp³-hybridized carbons (Fsp3) is 0.250. The number of carbonyl (C=O) groups excluding carboxylic acids is 1. The Morgan fingerprint density at radius 3 is 2.65 bits per heavy atom. The Labute approximate surface area is 131 Å². The summed E-state index contributed by atoms with van der Waals surface area (Å²) in [5, 5.41) is 14.4. The van der Waals surface area contributed by atoms with E-state index >= 15 is 0 Å². The zero-order valence-corrected chi connectivity index (χ0v) is 12.6. The molecule has 0 aromatic heterocycles. The van der Waals surface area contributed by atoms with Gasteiger partial charge in [0.05, 0.1) is 16.3 Å². The summed E-state index contributed by atoms with van der Waals surface area (Å²) in [6, 6.07) is 4.14. The van der Waals surface area contributed by atoms with Gasteiger partial charge in [-0.3, -0.25) is 4.79 Å². The second kappa shape index (κ2) is 8.04. The number of hydrogen-bond donors (Lipinski definition) is 3. The first-order chi connectivity index (χ1) is 9.43. The number of halogens is 2. The zero-order valence-electron chi connectivity index (χ0n) is 10.3. The lowest BCUT2D eigenvalue weighted by Gasteiger charge is -2.11. The molecule has 5 nitrogen and oxygen atoms in total. The lowest BCUT2D eigenvalue weighted by Crippen LogP contribution is -2.34. The minimum absolute atomic E-state index is 0.0500. The van der Waals surface area contributed by atoms with E-state index in [9.17, 15) is 9.59 Å². The number of anilines is 1. The van der Waals surface area contributed by atoms with Gasteiger partial charge < -0.3 is 15.7 Å². The van der Waals surface area contributed by atoms with Crippen LogP contribution in [0.1, 0.15) is 23.2 Å². The smallest absolute Gasteiger partial charge is 0.335 e. The van der Waals surface area contributed by atoms with Crippen LogP contribution in [0.2, 0.25) is 5.02 Å². The molecule has 0 heterocycles. The van der Waals surface area contributed by atoms with Gasteiger partial charge in [-0.1, -0.05) is 11.6 Å². The number of carboxylic acid groups (broad SMARTS) is 1. The van der Waals surface area contributed by atoms with Crippen LogP contribution in [-0.4, -0.2) is 28.0 Å². The Morgan fingerprint density at radius 1 is 1.35 bits per heavy atom. The highest BCUT2D eigenvalue weighted by molar-refractivity contribution is 7.80. The summed E-state index contributed by atoms with van der Waals surface area (Å²) in [5.74, 6) is -0.962. The number of hydrogen-bond acceptors (Lipinski definition) is 3. The highest BCUT2D eigenvalue weighted by Gasteiger charge is 2.10. The second-order valence-electron chi connectivity index (χ2n) is 3.79. The number of carbonyl (C=O) groups is 2. The molecule has 0 aliphatic rings. The van der Waals surface area contributed by atoms with Gasteiger partial charge in [0.25, 0.3) is 0 Å². The first kappa shape index (κ1) is 16.7. The third kappa shape index (κ3) is 5.32. The van der Waals surface area contributed by atoms with Crippen molar-refractivity contribution in [1.82, 2.24) is 5.32 Å². The molecular formula is C12H12Cl2N2O3S. The van der Waals surface area contributed by atoms with E-state index in [2.05, 4.69) is 10.6 Å². The monoisotopic (exact) mass is 334 g/mol. The lowest BCUT2D eigenvalue weighted by molar-refractivity contribution is -0.119. The number of benzene rings is 1. The van der Waals surface area contributed by atoms with Gasteiger partial charge in [-0.15, -0.1) is 11.6 Å². The molecule has 1 aromatic carbocycles. The quantitative estimate of drug-likeness (QED) is 0.570. The first-order valence-corrected chi connectivity index (χ1v) is 6.95. The summed E-state index contributed by atoms with van der Waals surface area (Å²) < 4.78 is 0. The van der Waals surface area contributed by atoms with Gasteiger partial charge in [-0.2, -0.15) is 0 Å². The average Bonchev–Trinajstić information content (AvgIpc) is 2.38. The van der Waals surface area contributed by atoms with E-state index in [1.807, 2.05) is 0 Å². The summed E-state index contributed by atoms with van der Waals surface area (Å²) in [6.45, 7) is 0. The molecule has 0 saturated carbocycles. The molecule has 108 valence electrons. The zero-order chi connectivity index (χ0) is 15.1. The molecule has 0 saturated heterocycles. The molecule has 0 fully saturated rings. The van der Waals surface area contributed by atoms with Crippen LogP contribution < -0.4 is 10.6 Å². The van der Waals surface area contributed by atoms with Crippen molar-refractivity contribution >= 4 is 58.1 Å². The Balaban J connectivity index is 2.68. The summed E-state index contributed by atoms with van der Waals surface area (Å²) in [4.78, 5) is 22.3. The van der Waals surface area contributed by atoms with E-state index in [4.69, 9.17) is 40.5 Å². The molecule has 1 amide bonds. The number of amides is 1. The Bertz CT molecular complexity index is 537. The minimum Gasteiger partial charge on any atom is -0.478 e. The molecule has 20 heavy (non-hydrogen) atoms. The minimum atomic E-state index is -1.08. The molecule has 0 aliphatic carbocycles. The maximum absolute atomic E-state index is 11.4. The molecule has 1 rings (SSSR count). The molecule has 0 unspecified atom stereocenters. The van der Waals surface area contributed by atoms with Crippen molar-refractivity contribution in [2.45, 2.75) is 12.8 Å². The molecular weight excluding hydrogens is 323 g/mol. The summed E-state index contributed by atoms with van der Waals surface area (Å²) in [6.07, 6.45) is 0.805. The molecule has 0 atom stereocenters. The van der Waals surface area contributed by atoms with Crippen LogP contribution in [0, 0.1) is 0 Å². The molecule has 8 heteroatoms. The third-order valence-corrected chi connectivity index (χ3v) is 3.05. The highest BCUT2D eigenvalue weighted by Crippen LogP contribution is 2.23. The number of carboxylic acids is 1. The number of aromatic carboxylic acids is 1. The van der Waals surface area contributed by atoms with E-state index in [0.29, 0.717) is 23.0 Å². The molecule has 0 aliphatic heterocycles. The first-order valence-electron chi connectivity index (χ1n) is 5.63. The van der Waals surface area contributed by atoms with Gasteiger partial charge >= 0.3 is 5.97 Å². The Hall–Kier alpha value is -1.37. The van der Waals surface area contributed by atoms with E-state index in [1.165, 1.54) is 18.2 Å². The van der Waals surface area contributed by atoms with Gasteiger partial charge in [0.2, 0.25) is 5.91 Å². The van der Waals surface area contributed by atoms with Crippen LogP contribution in [0.4, 0.5) is 5.69 Å². The van der Waals surface area contributed by atoms with Crippen molar-refractivity contribution in [3.63, 3.8) is 0 Å². The second-order valence-corrected chi connectivity index (χ2v) is 4.99. The van der Waals surface area contributed by atoms with E-state index in [-0.39, 0.29) is 23.0 Å². The van der Waals surface area contributed by atoms with E-state index < -0.39 is 5.97 Å². The van der Waals surface area contributed by atoms with E-state index in [0.717, 1.165) is 0 Å². The van der Waals surface area contributed by atoms with Crippen LogP contribution in [-0.2, 0) is 4.79 Å². The van der Waals surface area contributed by atoms with Gasteiger partial charge in [0.1, 0.15) is 0 Å². The standard InChI is InChI=1S/C12H12Cl2N2O3S/c13-5-1-2-10(17)16-12(20)15-9-6-7(11(18)19)3-4-8(9)14/h3-4,6H,1-2,5H2,(H,18,19)(H2,15,16,17,20). The number of nitrogens with one attached hydrogen (secondary N) is 2. The van der Waals surface area contributed by atoms with Crippen molar-refractivity contribution < 1.29 is 14.7 Å². The van der Waals surface area contributed by atoms with Crippen LogP contribution >= 0.6 is 35.4 Å². The molecule has 3 N–H and O–H groups in total.